The summed E-state index contributed by atoms with van der Waals surface area (Å²) >= 11 is 0. The van der Waals surface area contributed by atoms with Gasteiger partial charge < -0.3 is 10.3 Å². The molecule has 102 valence electrons. The Morgan fingerprint density at radius 3 is 2.89 bits per heavy atom. The highest BCUT2D eigenvalue weighted by Crippen LogP contribution is 2.30. The Bertz CT molecular complexity index is 574. The Kier molecular flexibility index (Phi) is 3.50. The van der Waals surface area contributed by atoms with Crippen LogP contribution in [-0.4, -0.2) is 24.7 Å². The molecule has 19 heavy (non-hydrogen) atoms. The molecule has 0 radical (unpaired) electrons. The summed E-state index contributed by atoms with van der Waals surface area (Å²) < 4.78 is 1.50. The Balaban J connectivity index is 2.34. The van der Waals surface area contributed by atoms with Crippen LogP contribution in [0.2, 0.25) is 0 Å². The zero-order chi connectivity index (χ0) is 14.0. The lowest BCUT2D eigenvalue weighted by atomic mass is 10.2. The average Bonchev–Trinajstić information content (AvgIpc) is 2.97. The van der Waals surface area contributed by atoms with E-state index in [0.717, 1.165) is 0 Å². The van der Waals surface area contributed by atoms with Crippen LogP contribution in [0.25, 0.3) is 0 Å². The van der Waals surface area contributed by atoms with Crippen LogP contribution in [-0.2, 0) is 13.5 Å². The number of nitrogens with one attached hydrogen (secondary N) is 2. The molecule has 0 saturated heterocycles. The summed E-state index contributed by atoms with van der Waals surface area (Å²) in [6, 6.07) is -0.172. The van der Waals surface area contributed by atoms with E-state index in [1.807, 2.05) is 13.8 Å². The predicted octanol–water partition coefficient (Wildman–Crippen LogP) is 1.79. The minimum absolute atomic E-state index is 0.0309. The number of aromatic nitrogens is 4. The summed E-state index contributed by atoms with van der Waals surface area (Å²) in [6.07, 6.45) is 3.87. The molecular formula is C11H16N6O2. The molecule has 2 aromatic rings. The van der Waals surface area contributed by atoms with Gasteiger partial charge in [-0.3, -0.25) is 10.1 Å². The molecule has 0 saturated carbocycles. The van der Waals surface area contributed by atoms with Crippen LogP contribution in [0.5, 0.6) is 0 Å². The van der Waals surface area contributed by atoms with E-state index in [1.54, 1.807) is 19.4 Å². The maximum Gasteiger partial charge on any atom is 0.333 e. The molecule has 0 spiro atoms. The lowest BCUT2D eigenvalue weighted by molar-refractivity contribution is -0.384. The third kappa shape index (κ3) is 2.42. The Labute approximate surface area is 110 Å². The SMILES string of the molecule is CCc1nn(C)c(NC(C)c2ncc[nH]2)c1[N+](=O)[O-]. The second-order valence-electron chi connectivity index (χ2n) is 4.22. The first-order chi connectivity index (χ1) is 9.04. The molecule has 8 heteroatoms. The maximum atomic E-state index is 11.2. The van der Waals surface area contributed by atoms with E-state index in [-0.39, 0.29) is 11.7 Å². The third-order valence-corrected chi connectivity index (χ3v) is 2.89. The molecule has 2 N–H and O–H groups in total. The molecule has 8 nitrogen and oxygen atoms in total. The first-order valence-electron chi connectivity index (χ1n) is 6.00. The van der Waals surface area contributed by atoms with Crippen molar-refractivity contribution in [2.24, 2.45) is 7.05 Å². The Morgan fingerprint density at radius 2 is 2.37 bits per heavy atom. The number of hydrogen-bond acceptors (Lipinski definition) is 5. The van der Waals surface area contributed by atoms with Gasteiger partial charge in [-0.25, -0.2) is 9.67 Å². The zero-order valence-corrected chi connectivity index (χ0v) is 11.0. The van der Waals surface area contributed by atoms with Crippen LogP contribution in [0.15, 0.2) is 12.4 Å². The minimum Gasteiger partial charge on any atom is -0.355 e. The molecular weight excluding hydrogens is 248 g/mol. The highest BCUT2D eigenvalue weighted by molar-refractivity contribution is 5.60. The topological polar surface area (TPSA) is 102 Å². The summed E-state index contributed by atoms with van der Waals surface area (Å²) in [4.78, 5) is 17.9. The van der Waals surface area contributed by atoms with Crippen LogP contribution in [0, 0.1) is 10.1 Å². The first kappa shape index (κ1) is 13.1. The molecule has 2 heterocycles. The molecule has 0 bridgehead atoms. The predicted molar refractivity (Wildman–Crippen MR) is 69.9 cm³/mol. The van der Waals surface area contributed by atoms with Crippen LogP contribution >= 0.6 is 0 Å². The van der Waals surface area contributed by atoms with E-state index in [1.165, 1.54) is 4.68 Å². The molecule has 0 fully saturated rings. The van der Waals surface area contributed by atoms with Gasteiger partial charge in [-0.2, -0.15) is 5.10 Å². The molecule has 1 unspecified atom stereocenters. The van der Waals surface area contributed by atoms with Gasteiger partial charge in [-0.1, -0.05) is 6.92 Å². The van der Waals surface area contributed by atoms with E-state index in [0.29, 0.717) is 23.8 Å². The number of aromatic amines is 1. The summed E-state index contributed by atoms with van der Waals surface area (Å²) in [5, 5.41) is 18.4. The van der Waals surface area contributed by atoms with Crippen molar-refractivity contribution >= 4 is 11.5 Å². The molecule has 2 aromatic heterocycles. The van der Waals surface area contributed by atoms with Crippen LogP contribution in [0.3, 0.4) is 0 Å². The van der Waals surface area contributed by atoms with Crippen molar-refractivity contribution < 1.29 is 4.92 Å². The van der Waals surface area contributed by atoms with Gasteiger partial charge in [-0.15, -0.1) is 0 Å². The van der Waals surface area contributed by atoms with Crippen molar-refractivity contribution in [1.29, 1.82) is 0 Å². The largest absolute Gasteiger partial charge is 0.355 e. The summed E-state index contributed by atoms with van der Waals surface area (Å²) in [5.74, 6) is 1.11. The molecule has 1 atom stereocenters. The van der Waals surface area contributed by atoms with E-state index in [4.69, 9.17) is 0 Å². The van der Waals surface area contributed by atoms with Crippen molar-refractivity contribution in [2.75, 3.05) is 5.32 Å². The van der Waals surface area contributed by atoms with Gasteiger partial charge in [0.2, 0.25) is 5.82 Å². The number of nitrogens with zero attached hydrogens (tertiary/aromatic N) is 4. The number of H-pyrrole nitrogens is 1. The van der Waals surface area contributed by atoms with Gasteiger partial charge in [0, 0.05) is 19.4 Å². The van der Waals surface area contributed by atoms with Crippen molar-refractivity contribution in [3.05, 3.63) is 34.0 Å². The number of nitro groups is 1. The number of imidazole rings is 1. The van der Waals surface area contributed by atoms with Crippen LogP contribution < -0.4 is 5.32 Å². The normalized spacial score (nSPS) is 12.4. The Morgan fingerprint density at radius 1 is 1.63 bits per heavy atom. The summed E-state index contributed by atoms with van der Waals surface area (Å²) in [6.45, 7) is 3.72. The average molecular weight is 264 g/mol. The molecule has 0 aliphatic heterocycles. The molecule has 0 amide bonds. The van der Waals surface area contributed by atoms with Gasteiger partial charge in [0.25, 0.3) is 0 Å². The van der Waals surface area contributed by atoms with Crippen molar-refractivity contribution in [3.63, 3.8) is 0 Å². The van der Waals surface area contributed by atoms with Crippen molar-refractivity contribution in [2.45, 2.75) is 26.3 Å². The Hall–Kier alpha value is -2.38. The van der Waals surface area contributed by atoms with E-state index in [2.05, 4.69) is 20.4 Å². The first-order valence-corrected chi connectivity index (χ1v) is 6.00. The second kappa shape index (κ2) is 5.09. The summed E-state index contributed by atoms with van der Waals surface area (Å²) in [7, 11) is 1.68. The van der Waals surface area contributed by atoms with Gasteiger partial charge >= 0.3 is 5.69 Å². The van der Waals surface area contributed by atoms with Gasteiger partial charge in [-0.05, 0) is 13.3 Å². The quantitative estimate of drug-likeness (QED) is 0.633. The fourth-order valence-electron chi connectivity index (χ4n) is 1.95. The zero-order valence-electron chi connectivity index (χ0n) is 11.0. The molecule has 0 aromatic carbocycles. The minimum atomic E-state index is -0.400. The lowest BCUT2D eigenvalue weighted by Crippen LogP contribution is -2.12. The number of hydrogen-bond donors (Lipinski definition) is 2. The molecule has 0 aliphatic carbocycles. The molecule has 2 rings (SSSR count). The fraction of sp³-hybridized carbons (Fsp3) is 0.455. The highest BCUT2D eigenvalue weighted by atomic mass is 16.6. The number of anilines is 1. The van der Waals surface area contributed by atoms with Gasteiger partial charge in [0.05, 0.1) is 11.0 Å². The number of aryl methyl sites for hydroxylation is 2. The van der Waals surface area contributed by atoms with E-state index < -0.39 is 4.92 Å². The van der Waals surface area contributed by atoms with Crippen LogP contribution in [0.4, 0.5) is 11.5 Å². The van der Waals surface area contributed by atoms with E-state index >= 15 is 0 Å². The lowest BCUT2D eigenvalue weighted by Gasteiger charge is -2.12. The van der Waals surface area contributed by atoms with Crippen LogP contribution in [0.1, 0.15) is 31.4 Å². The monoisotopic (exact) mass is 264 g/mol. The standard InChI is InChI=1S/C11H16N6O2/c1-4-8-9(17(18)19)11(16(3)15-8)14-7(2)10-12-5-6-13-10/h5-7,14H,4H2,1-3H3,(H,12,13). The molecule has 0 aliphatic rings. The van der Waals surface area contributed by atoms with Gasteiger partial charge in [0.15, 0.2) is 0 Å². The fourth-order valence-corrected chi connectivity index (χ4v) is 1.95. The second-order valence-corrected chi connectivity index (χ2v) is 4.22. The number of rotatable bonds is 5. The highest BCUT2D eigenvalue weighted by Gasteiger charge is 2.27. The van der Waals surface area contributed by atoms with Crippen molar-refractivity contribution in [3.8, 4) is 0 Å². The maximum absolute atomic E-state index is 11.2. The third-order valence-electron chi connectivity index (χ3n) is 2.89. The van der Waals surface area contributed by atoms with E-state index in [9.17, 15) is 10.1 Å². The summed E-state index contributed by atoms with van der Waals surface area (Å²) in [5.41, 5.74) is 0.505. The van der Waals surface area contributed by atoms with Crippen molar-refractivity contribution in [1.82, 2.24) is 19.7 Å². The van der Waals surface area contributed by atoms with Gasteiger partial charge in [0.1, 0.15) is 11.5 Å². The smallest absolute Gasteiger partial charge is 0.333 e.